The Bertz CT molecular complexity index is 1110. The molecule has 5 nitrogen and oxygen atoms in total. The molecule has 1 saturated heterocycles. The summed E-state index contributed by atoms with van der Waals surface area (Å²) in [4.78, 5) is 14.9. The van der Waals surface area contributed by atoms with Crippen LogP contribution in [0.3, 0.4) is 0 Å². The standard InChI is InChI=1S/C23H25Cl3FNO4S/c1-33(30,31)32-12-10-23(16-7-8-19(25)20(26)13-16)9-2-3-11-28(15-23)22(29)14-17-18(24)5-4-6-21(17)27/h4-8,13H,2-3,9-12,14-15H2,1H3/t23-/m1/s1. The summed E-state index contributed by atoms with van der Waals surface area (Å²) in [5, 5.41) is 0.979. The molecule has 0 radical (unpaired) electrons. The maximum atomic E-state index is 14.3. The molecule has 1 fully saturated rings. The van der Waals surface area contributed by atoms with Crippen LogP contribution in [-0.2, 0) is 30.9 Å². The molecule has 0 aromatic heterocycles. The van der Waals surface area contributed by atoms with Gasteiger partial charge in [0.2, 0.25) is 5.91 Å². The highest BCUT2D eigenvalue weighted by molar-refractivity contribution is 7.85. The second-order valence-electron chi connectivity index (χ2n) is 8.33. The Kier molecular flexibility index (Phi) is 8.67. The molecule has 180 valence electrons. The van der Waals surface area contributed by atoms with Gasteiger partial charge in [0.15, 0.2) is 0 Å². The third kappa shape index (κ3) is 6.83. The van der Waals surface area contributed by atoms with Gasteiger partial charge in [0, 0.05) is 29.1 Å². The van der Waals surface area contributed by atoms with E-state index in [4.69, 9.17) is 39.0 Å². The minimum atomic E-state index is -3.62. The van der Waals surface area contributed by atoms with E-state index >= 15 is 0 Å². The molecule has 0 N–H and O–H groups in total. The van der Waals surface area contributed by atoms with Crippen molar-refractivity contribution in [1.82, 2.24) is 4.90 Å². The molecular formula is C23H25Cl3FNO4S. The molecule has 0 bridgehead atoms. The number of rotatable bonds is 7. The summed E-state index contributed by atoms with van der Waals surface area (Å²) in [6.45, 7) is 0.768. The van der Waals surface area contributed by atoms with Gasteiger partial charge in [0.1, 0.15) is 5.82 Å². The monoisotopic (exact) mass is 535 g/mol. The van der Waals surface area contributed by atoms with Crippen LogP contribution in [0.4, 0.5) is 4.39 Å². The molecular weight excluding hydrogens is 512 g/mol. The van der Waals surface area contributed by atoms with E-state index in [2.05, 4.69) is 0 Å². The zero-order valence-electron chi connectivity index (χ0n) is 18.1. The Morgan fingerprint density at radius 1 is 1.12 bits per heavy atom. The first-order chi connectivity index (χ1) is 15.5. The van der Waals surface area contributed by atoms with Crippen LogP contribution < -0.4 is 0 Å². The van der Waals surface area contributed by atoms with E-state index in [1.54, 1.807) is 23.1 Å². The van der Waals surface area contributed by atoms with Gasteiger partial charge >= 0.3 is 0 Å². The highest BCUT2D eigenvalue weighted by atomic mass is 35.5. The second-order valence-corrected chi connectivity index (χ2v) is 11.2. The minimum Gasteiger partial charge on any atom is -0.342 e. The van der Waals surface area contributed by atoms with Crippen molar-refractivity contribution in [1.29, 1.82) is 0 Å². The SMILES string of the molecule is CS(=O)(=O)OCC[C@]1(c2ccc(Cl)c(Cl)c2)CCCCN(C(=O)Cc2c(F)cccc2Cl)C1. The summed E-state index contributed by atoms with van der Waals surface area (Å²) in [6, 6.07) is 9.61. The minimum absolute atomic E-state index is 0.0414. The Hall–Kier alpha value is -1.38. The smallest absolute Gasteiger partial charge is 0.264 e. The second kappa shape index (κ2) is 10.9. The lowest BCUT2D eigenvalue weighted by molar-refractivity contribution is -0.131. The molecule has 2 aromatic carbocycles. The molecule has 0 spiro atoms. The van der Waals surface area contributed by atoms with Gasteiger partial charge in [-0.15, -0.1) is 0 Å². The van der Waals surface area contributed by atoms with E-state index in [0.717, 1.165) is 24.7 Å². The highest BCUT2D eigenvalue weighted by Gasteiger charge is 2.38. The predicted molar refractivity (Wildman–Crippen MR) is 129 cm³/mol. The van der Waals surface area contributed by atoms with Gasteiger partial charge in [-0.1, -0.05) is 53.4 Å². The van der Waals surface area contributed by atoms with Crippen molar-refractivity contribution in [2.45, 2.75) is 37.5 Å². The maximum Gasteiger partial charge on any atom is 0.264 e. The van der Waals surface area contributed by atoms with Crippen molar-refractivity contribution in [3.8, 4) is 0 Å². The number of amides is 1. The van der Waals surface area contributed by atoms with Gasteiger partial charge in [-0.2, -0.15) is 8.42 Å². The van der Waals surface area contributed by atoms with Crippen molar-refractivity contribution < 1.29 is 21.8 Å². The van der Waals surface area contributed by atoms with E-state index in [1.165, 1.54) is 12.1 Å². The molecule has 33 heavy (non-hydrogen) atoms. The largest absolute Gasteiger partial charge is 0.342 e. The summed E-state index contributed by atoms with van der Waals surface area (Å²) in [5.74, 6) is -0.777. The van der Waals surface area contributed by atoms with Crippen LogP contribution in [0.1, 0.15) is 36.8 Å². The molecule has 2 aromatic rings. The number of hydrogen-bond acceptors (Lipinski definition) is 4. The van der Waals surface area contributed by atoms with Crippen molar-refractivity contribution in [2.24, 2.45) is 0 Å². The summed E-state index contributed by atoms with van der Waals surface area (Å²) >= 11 is 18.5. The van der Waals surface area contributed by atoms with Crippen LogP contribution >= 0.6 is 34.8 Å². The number of benzene rings is 2. The fourth-order valence-corrected chi connectivity index (χ4v) is 5.18. The van der Waals surface area contributed by atoms with E-state index in [-0.39, 0.29) is 29.5 Å². The van der Waals surface area contributed by atoms with Crippen molar-refractivity contribution in [3.63, 3.8) is 0 Å². The average molecular weight is 537 g/mol. The van der Waals surface area contributed by atoms with Crippen molar-refractivity contribution in [3.05, 3.63) is 68.4 Å². The lowest BCUT2D eigenvalue weighted by atomic mass is 9.74. The number of likely N-dealkylation sites (tertiary alicyclic amines) is 1. The topological polar surface area (TPSA) is 63.7 Å². The molecule has 3 rings (SSSR count). The lowest BCUT2D eigenvalue weighted by Gasteiger charge is -2.37. The van der Waals surface area contributed by atoms with E-state index in [0.29, 0.717) is 36.0 Å². The Balaban J connectivity index is 1.92. The molecule has 0 unspecified atom stereocenters. The lowest BCUT2D eigenvalue weighted by Crippen LogP contribution is -2.44. The molecule has 1 amide bonds. The van der Waals surface area contributed by atoms with Gasteiger partial charge < -0.3 is 4.90 Å². The van der Waals surface area contributed by atoms with Crippen LogP contribution in [0.2, 0.25) is 15.1 Å². The molecule has 1 atom stereocenters. The van der Waals surface area contributed by atoms with Crippen LogP contribution in [0.5, 0.6) is 0 Å². The zero-order valence-corrected chi connectivity index (χ0v) is 21.2. The van der Waals surface area contributed by atoms with Crippen molar-refractivity contribution >= 4 is 50.8 Å². The van der Waals surface area contributed by atoms with E-state index in [1.807, 2.05) is 6.07 Å². The first kappa shape index (κ1) is 26.2. The number of nitrogens with zero attached hydrogens (tertiary/aromatic N) is 1. The number of carbonyl (C=O) groups is 1. The molecule has 0 saturated carbocycles. The fraction of sp³-hybridized carbons (Fsp3) is 0.435. The molecule has 10 heteroatoms. The number of halogens is 4. The van der Waals surface area contributed by atoms with Gasteiger partial charge in [-0.05, 0) is 49.1 Å². The quantitative estimate of drug-likeness (QED) is 0.429. The molecule has 0 aliphatic carbocycles. The molecule has 1 aliphatic rings. The third-order valence-electron chi connectivity index (χ3n) is 5.98. The number of hydrogen-bond donors (Lipinski definition) is 0. The average Bonchev–Trinajstić information content (AvgIpc) is 2.95. The normalized spacial score (nSPS) is 19.4. The maximum absolute atomic E-state index is 14.3. The Morgan fingerprint density at radius 3 is 2.55 bits per heavy atom. The van der Waals surface area contributed by atoms with Gasteiger partial charge in [-0.3, -0.25) is 8.98 Å². The van der Waals surface area contributed by atoms with Crippen LogP contribution in [0.25, 0.3) is 0 Å². The predicted octanol–water partition coefficient (Wildman–Crippen LogP) is 5.65. The van der Waals surface area contributed by atoms with Crippen LogP contribution in [0.15, 0.2) is 36.4 Å². The molecule has 1 aliphatic heterocycles. The number of carbonyl (C=O) groups excluding carboxylic acids is 1. The van der Waals surface area contributed by atoms with Gasteiger partial charge in [0.05, 0.1) is 29.3 Å². The van der Waals surface area contributed by atoms with Crippen LogP contribution in [0, 0.1) is 5.82 Å². The van der Waals surface area contributed by atoms with Gasteiger partial charge in [-0.25, -0.2) is 4.39 Å². The summed E-state index contributed by atoms with van der Waals surface area (Å²) in [6.07, 6.45) is 3.45. The Morgan fingerprint density at radius 2 is 1.88 bits per heavy atom. The Labute approximate surface area is 208 Å². The third-order valence-corrected chi connectivity index (χ3v) is 7.67. The van der Waals surface area contributed by atoms with Crippen molar-refractivity contribution in [2.75, 3.05) is 26.0 Å². The zero-order chi connectivity index (χ0) is 24.2. The first-order valence-corrected chi connectivity index (χ1v) is 13.5. The summed E-state index contributed by atoms with van der Waals surface area (Å²) in [5.41, 5.74) is 0.399. The van der Waals surface area contributed by atoms with E-state index in [9.17, 15) is 17.6 Å². The first-order valence-electron chi connectivity index (χ1n) is 10.5. The highest BCUT2D eigenvalue weighted by Crippen LogP contribution is 2.39. The molecule has 1 heterocycles. The summed E-state index contributed by atoms with van der Waals surface area (Å²) in [7, 11) is -3.62. The fourth-order valence-electron chi connectivity index (χ4n) is 4.27. The van der Waals surface area contributed by atoms with E-state index < -0.39 is 21.4 Å². The van der Waals surface area contributed by atoms with Crippen LogP contribution in [-0.4, -0.2) is 45.2 Å². The van der Waals surface area contributed by atoms with Gasteiger partial charge in [0.25, 0.3) is 10.1 Å². The summed E-state index contributed by atoms with van der Waals surface area (Å²) < 4.78 is 42.4.